The first kappa shape index (κ1) is 9.18. The molecule has 13 heavy (non-hydrogen) atoms. The van der Waals surface area contributed by atoms with Crippen LogP contribution in [0, 0.1) is 11.1 Å². The second-order valence-corrected chi connectivity index (χ2v) is 2.39. The molecular formula is C8H9N3O2. The molecule has 1 aromatic carbocycles. The molecule has 0 saturated carbocycles. The molecule has 0 aliphatic rings. The van der Waals surface area contributed by atoms with Crippen LogP contribution in [0.4, 0.5) is 0 Å². The van der Waals surface area contributed by atoms with Gasteiger partial charge in [-0.15, -0.1) is 0 Å². The van der Waals surface area contributed by atoms with E-state index >= 15 is 0 Å². The van der Waals surface area contributed by atoms with E-state index in [1.165, 1.54) is 4.57 Å². The van der Waals surface area contributed by atoms with Crippen LogP contribution in [0.5, 0.6) is 0 Å². The van der Waals surface area contributed by atoms with E-state index in [1.807, 2.05) is 18.2 Å². The highest BCUT2D eigenvalue weighted by molar-refractivity contribution is 5.72. The first-order chi connectivity index (χ1) is 6.29. The van der Waals surface area contributed by atoms with Gasteiger partial charge in [0.1, 0.15) is 0 Å². The minimum Gasteiger partial charge on any atom is -0.408 e. The van der Waals surface area contributed by atoms with E-state index in [2.05, 4.69) is 0 Å². The van der Waals surface area contributed by atoms with Crippen LogP contribution in [-0.2, 0) is 7.05 Å². The summed E-state index contributed by atoms with van der Waals surface area (Å²) in [5.74, 6) is -0.314. The number of hydrogen-bond donors (Lipinski definition) is 2. The molecule has 0 amide bonds. The highest BCUT2D eigenvalue weighted by Crippen LogP contribution is 2.09. The summed E-state index contributed by atoms with van der Waals surface area (Å²) >= 11 is 0. The van der Waals surface area contributed by atoms with E-state index in [0.717, 1.165) is 5.52 Å². The Morgan fingerprint density at radius 3 is 2.54 bits per heavy atom. The number of aryl methyl sites for hydroxylation is 1. The van der Waals surface area contributed by atoms with E-state index in [-0.39, 0.29) is 5.76 Å². The quantitative estimate of drug-likeness (QED) is 0.603. The van der Waals surface area contributed by atoms with E-state index in [1.54, 1.807) is 13.1 Å². The van der Waals surface area contributed by atoms with Gasteiger partial charge < -0.3 is 4.42 Å². The van der Waals surface area contributed by atoms with Crippen molar-refractivity contribution in [3.05, 3.63) is 34.8 Å². The van der Waals surface area contributed by atoms with Crippen molar-refractivity contribution in [1.29, 1.82) is 11.1 Å². The van der Waals surface area contributed by atoms with E-state index < -0.39 is 0 Å². The van der Waals surface area contributed by atoms with Gasteiger partial charge >= 0.3 is 5.76 Å². The summed E-state index contributed by atoms with van der Waals surface area (Å²) in [6.45, 7) is 0. The zero-order chi connectivity index (χ0) is 9.84. The lowest BCUT2D eigenvalue weighted by Crippen LogP contribution is -2.08. The normalized spacial score (nSPS) is 9.31. The molecule has 1 heterocycles. The summed E-state index contributed by atoms with van der Waals surface area (Å²) in [4.78, 5) is 10.9. The fraction of sp³-hybridized carbons (Fsp3) is 0.125. The molecule has 0 radical (unpaired) electrons. The fourth-order valence-electron chi connectivity index (χ4n) is 1.08. The highest BCUT2D eigenvalue weighted by atomic mass is 16.4. The minimum atomic E-state index is -0.314. The highest BCUT2D eigenvalue weighted by Gasteiger charge is 2.01. The smallest absolute Gasteiger partial charge is 0.408 e. The lowest BCUT2D eigenvalue weighted by atomic mass is 10.3. The molecule has 0 unspecified atom stereocenters. The Morgan fingerprint density at radius 1 is 1.31 bits per heavy atom. The monoisotopic (exact) mass is 179 g/mol. The first-order valence-corrected chi connectivity index (χ1v) is 3.58. The number of fused-ring (bicyclic) bond motifs is 1. The van der Waals surface area contributed by atoms with Crippen LogP contribution >= 0.6 is 0 Å². The van der Waals surface area contributed by atoms with Gasteiger partial charge in [0.25, 0.3) is 0 Å². The predicted octanol–water partition coefficient (Wildman–Crippen LogP) is 1.73. The maximum atomic E-state index is 10.9. The Bertz CT molecular complexity index is 458. The van der Waals surface area contributed by atoms with Gasteiger partial charge in [0.2, 0.25) is 0 Å². The molecular weight excluding hydrogens is 170 g/mol. The zero-order valence-electron chi connectivity index (χ0n) is 7.07. The summed E-state index contributed by atoms with van der Waals surface area (Å²) in [5.41, 5.74) is 11.5. The number of benzene rings is 1. The molecule has 68 valence electrons. The largest absolute Gasteiger partial charge is 0.419 e. The molecule has 0 saturated heterocycles. The number of aromatic nitrogens is 1. The van der Waals surface area contributed by atoms with Crippen LogP contribution in [0.2, 0.25) is 0 Å². The SMILES string of the molecule is Cn1c(=O)oc2ccccc21.N=N. The van der Waals surface area contributed by atoms with Crippen molar-refractivity contribution in [2.75, 3.05) is 0 Å². The second-order valence-electron chi connectivity index (χ2n) is 2.39. The molecule has 0 aliphatic carbocycles. The van der Waals surface area contributed by atoms with Crippen LogP contribution in [0.25, 0.3) is 11.1 Å². The summed E-state index contributed by atoms with van der Waals surface area (Å²) < 4.78 is 6.39. The Morgan fingerprint density at radius 2 is 1.92 bits per heavy atom. The number of rotatable bonds is 0. The Hall–Kier alpha value is -1.91. The van der Waals surface area contributed by atoms with Crippen LogP contribution in [0.1, 0.15) is 0 Å². The number of hydrogen-bond acceptors (Lipinski definition) is 4. The molecule has 0 bridgehead atoms. The third-order valence-electron chi connectivity index (χ3n) is 1.70. The molecule has 1 aromatic heterocycles. The van der Waals surface area contributed by atoms with Crippen molar-refractivity contribution < 1.29 is 4.42 Å². The molecule has 0 fully saturated rings. The van der Waals surface area contributed by atoms with E-state index in [0.29, 0.717) is 5.58 Å². The molecule has 0 atom stereocenters. The molecule has 0 aliphatic heterocycles. The van der Waals surface area contributed by atoms with Gasteiger partial charge in [0.05, 0.1) is 5.52 Å². The van der Waals surface area contributed by atoms with E-state index in [4.69, 9.17) is 15.5 Å². The maximum absolute atomic E-state index is 10.9. The van der Waals surface area contributed by atoms with Crippen LogP contribution < -0.4 is 5.76 Å². The summed E-state index contributed by atoms with van der Waals surface area (Å²) in [6, 6.07) is 7.33. The average Bonchev–Trinajstić information content (AvgIpc) is 2.47. The molecule has 5 heteroatoms. The maximum Gasteiger partial charge on any atom is 0.419 e. The molecule has 2 aromatic rings. The lowest BCUT2D eigenvalue weighted by molar-refractivity contribution is 0.528. The summed E-state index contributed by atoms with van der Waals surface area (Å²) in [6.07, 6.45) is 0. The number of nitrogens with zero attached hydrogens (tertiary/aromatic N) is 1. The first-order valence-electron chi connectivity index (χ1n) is 3.58. The van der Waals surface area contributed by atoms with Gasteiger partial charge in [-0.2, -0.15) is 0 Å². The zero-order valence-corrected chi connectivity index (χ0v) is 7.07. The Balaban J connectivity index is 0.000000396. The fourth-order valence-corrected chi connectivity index (χ4v) is 1.08. The van der Waals surface area contributed by atoms with Gasteiger partial charge in [-0.3, -0.25) is 4.57 Å². The predicted molar refractivity (Wildman–Crippen MR) is 46.9 cm³/mol. The van der Waals surface area contributed by atoms with Crippen LogP contribution in [0.3, 0.4) is 0 Å². The number of oxazole rings is 1. The van der Waals surface area contributed by atoms with Crippen LogP contribution in [0.15, 0.2) is 33.5 Å². The molecule has 2 N–H and O–H groups in total. The summed E-state index contributed by atoms with van der Waals surface area (Å²) in [5, 5.41) is 0. The standard InChI is InChI=1S/C8H7NO2.H2N2/c1-9-6-4-2-3-5-7(6)11-8(9)10;1-2/h2-5H,1H3;1-2H. The van der Waals surface area contributed by atoms with Crippen molar-refractivity contribution in [3.63, 3.8) is 0 Å². The Labute approximate surface area is 73.9 Å². The van der Waals surface area contributed by atoms with Gasteiger partial charge in [-0.25, -0.2) is 15.9 Å². The third kappa shape index (κ3) is 1.48. The van der Waals surface area contributed by atoms with Crippen molar-refractivity contribution in [1.82, 2.24) is 4.57 Å². The van der Waals surface area contributed by atoms with Gasteiger partial charge in [-0.1, -0.05) is 12.1 Å². The van der Waals surface area contributed by atoms with Crippen molar-refractivity contribution in [2.45, 2.75) is 0 Å². The second kappa shape index (κ2) is 3.66. The topological polar surface area (TPSA) is 82.8 Å². The number of nitrogens with one attached hydrogen (secondary N) is 2. The average molecular weight is 179 g/mol. The van der Waals surface area contributed by atoms with Crippen molar-refractivity contribution in [3.8, 4) is 0 Å². The number of para-hydroxylation sites is 2. The lowest BCUT2D eigenvalue weighted by Gasteiger charge is -1.87. The van der Waals surface area contributed by atoms with Gasteiger partial charge in [-0.05, 0) is 12.1 Å². The molecule has 0 spiro atoms. The third-order valence-corrected chi connectivity index (χ3v) is 1.70. The van der Waals surface area contributed by atoms with Crippen molar-refractivity contribution >= 4 is 11.1 Å². The molecule has 2 rings (SSSR count). The van der Waals surface area contributed by atoms with Gasteiger partial charge in [0.15, 0.2) is 5.58 Å². The van der Waals surface area contributed by atoms with E-state index in [9.17, 15) is 4.79 Å². The molecule has 5 nitrogen and oxygen atoms in total. The Kier molecular flexibility index (Phi) is 2.59. The van der Waals surface area contributed by atoms with Gasteiger partial charge in [0, 0.05) is 7.05 Å². The minimum absolute atomic E-state index is 0.314. The van der Waals surface area contributed by atoms with Crippen LogP contribution in [-0.4, -0.2) is 4.57 Å². The van der Waals surface area contributed by atoms with Crippen molar-refractivity contribution in [2.24, 2.45) is 7.05 Å². The summed E-state index contributed by atoms with van der Waals surface area (Å²) in [7, 11) is 1.69.